The van der Waals surface area contributed by atoms with E-state index in [0.29, 0.717) is 6.54 Å². The fraction of sp³-hybridized carbons (Fsp3) is 0.250. The van der Waals surface area contributed by atoms with Crippen molar-refractivity contribution in [1.82, 2.24) is 5.32 Å². The Hall–Kier alpha value is -1.35. The van der Waals surface area contributed by atoms with Gasteiger partial charge < -0.3 is 10.4 Å². The second kappa shape index (κ2) is 6.71. The number of benzene rings is 2. The van der Waals surface area contributed by atoms with E-state index in [2.05, 4.69) is 5.32 Å². The zero-order valence-corrected chi connectivity index (χ0v) is 11.7. The van der Waals surface area contributed by atoms with E-state index in [1.54, 1.807) is 0 Å². The lowest BCUT2D eigenvalue weighted by molar-refractivity contribution is 0.174. The molecule has 0 spiro atoms. The van der Waals surface area contributed by atoms with Crippen LogP contribution in [0.5, 0.6) is 0 Å². The van der Waals surface area contributed by atoms with Crippen LogP contribution in [-0.4, -0.2) is 11.7 Å². The molecule has 100 valence electrons. The zero-order valence-electron chi connectivity index (χ0n) is 10.9. The Morgan fingerprint density at radius 2 is 1.68 bits per heavy atom. The number of rotatable bonds is 5. The zero-order chi connectivity index (χ0) is 13.7. The van der Waals surface area contributed by atoms with Crippen molar-refractivity contribution in [3.05, 3.63) is 70.2 Å². The van der Waals surface area contributed by atoms with E-state index >= 15 is 0 Å². The maximum Gasteiger partial charge on any atom is 0.0914 e. The van der Waals surface area contributed by atoms with Crippen LogP contribution in [-0.2, 0) is 6.54 Å². The van der Waals surface area contributed by atoms with Crippen LogP contribution in [0.3, 0.4) is 0 Å². The summed E-state index contributed by atoms with van der Waals surface area (Å²) in [5.41, 5.74) is 3.29. The third kappa shape index (κ3) is 4.35. The van der Waals surface area contributed by atoms with E-state index < -0.39 is 6.10 Å². The van der Waals surface area contributed by atoms with Crippen molar-refractivity contribution < 1.29 is 5.11 Å². The maximum absolute atomic E-state index is 10.0. The van der Waals surface area contributed by atoms with Crippen LogP contribution in [0.1, 0.15) is 22.8 Å². The Labute approximate surface area is 119 Å². The van der Waals surface area contributed by atoms with Crippen LogP contribution in [0.15, 0.2) is 48.5 Å². The fourth-order valence-corrected chi connectivity index (χ4v) is 1.99. The van der Waals surface area contributed by atoms with Gasteiger partial charge in [-0.1, -0.05) is 53.6 Å². The first-order valence-electron chi connectivity index (χ1n) is 6.35. The first-order valence-corrected chi connectivity index (χ1v) is 6.73. The molecule has 0 fully saturated rings. The molecule has 1 atom stereocenters. The average molecular weight is 276 g/mol. The maximum atomic E-state index is 10.0. The minimum atomic E-state index is -0.479. The standard InChI is InChI=1S/C16H18ClNO/c1-12-2-6-14(7-3-12)16(19)11-18-10-13-4-8-15(17)9-5-13/h2-9,16,18-19H,10-11H2,1H3. The number of hydrogen-bond donors (Lipinski definition) is 2. The van der Waals surface area contributed by atoms with Crippen molar-refractivity contribution in [2.45, 2.75) is 19.6 Å². The van der Waals surface area contributed by atoms with E-state index in [9.17, 15) is 5.11 Å². The van der Waals surface area contributed by atoms with E-state index in [-0.39, 0.29) is 0 Å². The van der Waals surface area contributed by atoms with Gasteiger partial charge in [0.1, 0.15) is 0 Å². The van der Waals surface area contributed by atoms with Crippen molar-refractivity contribution in [2.75, 3.05) is 6.54 Å². The highest BCUT2D eigenvalue weighted by Gasteiger charge is 2.06. The SMILES string of the molecule is Cc1ccc(C(O)CNCc2ccc(Cl)cc2)cc1. The third-order valence-electron chi connectivity index (χ3n) is 3.04. The molecule has 0 amide bonds. The van der Waals surface area contributed by atoms with Crippen LogP contribution in [0.25, 0.3) is 0 Å². The van der Waals surface area contributed by atoms with E-state index in [4.69, 9.17) is 11.6 Å². The largest absolute Gasteiger partial charge is 0.387 e. The summed E-state index contributed by atoms with van der Waals surface area (Å²) < 4.78 is 0. The Bertz CT molecular complexity index is 507. The molecule has 2 rings (SSSR count). The first-order chi connectivity index (χ1) is 9.15. The molecule has 2 N–H and O–H groups in total. The van der Waals surface area contributed by atoms with E-state index in [1.165, 1.54) is 5.56 Å². The Balaban J connectivity index is 1.82. The number of aliphatic hydroxyl groups is 1. The quantitative estimate of drug-likeness (QED) is 0.876. The number of aryl methyl sites for hydroxylation is 1. The number of halogens is 1. The van der Waals surface area contributed by atoms with Crippen LogP contribution in [0.2, 0.25) is 5.02 Å². The van der Waals surface area contributed by atoms with Gasteiger partial charge in [0.05, 0.1) is 6.10 Å². The summed E-state index contributed by atoms with van der Waals surface area (Å²) in [4.78, 5) is 0. The summed E-state index contributed by atoms with van der Waals surface area (Å²) in [7, 11) is 0. The molecule has 3 heteroatoms. The van der Waals surface area contributed by atoms with Gasteiger partial charge in [0, 0.05) is 18.1 Å². The van der Waals surface area contributed by atoms with Crippen molar-refractivity contribution in [1.29, 1.82) is 0 Å². The molecule has 0 bridgehead atoms. The monoisotopic (exact) mass is 275 g/mol. The van der Waals surface area contributed by atoms with Crippen molar-refractivity contribution >= 4 is 11.6 Å². The molecule has 2 nitrogen and oxygen atoms in total. The molecule has 0 aliphatic carbocycles. The Kier molecular flexibility index (Phi) is 4.97. The average Bonchev–Trinajstić information content (AvgIpc) is 2.41. The molecule has 19 heavy (non-hydrogen) atoms. The second-order valence-corrected chi connectivity index (χ2v) is 5.12. The topological polar surface area (TPSA) is 32.3 Å². The molecule has 2 aromatic rings. The Morgan fingerprint density at radius 3 is 2.32 bits per heavy atom. The van der Waals surface area contributed by atoms with E-state index in [0.717, 1.165) is 22.7 Å². The van der Waals surface area contributed by atoms with Crippen LogP contribution >= 0.6 is 11.6 Å². The summed E-state index contributed by atoms with van der Waals surface area (Å²) in [6, 6.07) is 15.6. The molecule has 0 aliphatic heterocycles. The Morgan fingerprint density at radius 1 is 1.05 bits per heavy atom. The normalized spacial score (nSPS) is 12.4. The van der Waals surface area contributed by atoms with Gasteiger partial charge in [-0.05, 0) is 30.2 Å². The summed E-state index contributed by atoms with van der Waals surface area (Å²) in [6.45, 7) is 3.29. The molecule has 0 saturated heterocycles. The molecule has 0 aromatic heterocycles. The lowest BCUT2D eigenvalue weighted by atomic mass is 10.1. The lowest BCUT2D eigenvalue weighted by Crippen LogP contribution is -2.21. The minimum absolute atomic E-state index is 0.479. The number of aliphatic hydroxyl groups excluding tert-OH is 1. The van der Waals surface area contributed by atoms with Crippen molar-refractivity contribution in [3.8, 4) is 0 Å². The summed E-state index contributed by atoms with van der Waals surface area (Å²) in [6.07, 6.45) is -0.479. The number of hydrogen-bond acceptors (Lipinski definition) is 2. The van der Waals surface area contributed by atoms with Crippen molar-refractivity contribution in [2.24, 2.45) is 0 Å². The van der Waals surface area contributed by atoms with Crippen LogP contribution < -0.4 is 5.32 Å². The predicted molar refractivity (Wildman–Crippen MR) is 79.3 cm³/mol. The highest BCUT2D eigenvalue weighted by atomic mass is 35.5. The van der Waals surface area contributed by atoms with Gasteiger partial charge in [0.15, 0.2) is 0 Å². The molecular weight excluding hydrogens is 258 g/mol. The molecule has 0 aliphatic rings. The summed E-state index contributed by atoms with van der Waals surface area (Å²) in [5.74, 6) is 0. The molecule has 0 heterocycles. The van der Waals surface area contributed by atoms with Crippen molar-refractivity contribution in [3.63, 3.8) is 0 Å². The highest BCUT2D eigenvalue weighted by Crippen LogP contribution is 2.13. The third-order valence-corrected chi connectivity index (χ3v) is 3.29. The van der Waals surface area contributed by atoms with Gasteiger partial charge in [-0.2, -0.15) is 0 Å². The smallest absolute Gasteiger partial charge is 0.0914 e. The lowest BCUT2D eigenvalue weighted by Gasteiger charge is -2.12. The molecule has 0 saturated carbocycles. The molecule has 2 aromatic carbocycles. The van der Waals surface area contributed by atoms with Crippen LogP contribution in [0.4, 0.5) is 0 Å². The van der Waals surface area contributed by atoms with Crippen LogP contribution in [0, 0.1) is 6.92 Å². The molecule has 0 radical (unpaired) electrons. The molecule has 1 unspecified atom stereocenters. The van der Waals surface area contributed by atoms with Gasteiger partial charge in [-0.3, -0.25) is 0 Å². The van der Waals surface area contributed by atoms with Gasteiger partial charge in [0.2, 0.25) is 0 Å². The summed E-state index contributed by atoms with van der Waals surface area (Å²) >= 11 is 5.83. The summed E-state index contributed by atoms with van der Waals surface area (Å²) in [5, 5.41) is 14.0. The first kappa shape index (κ1) is 14.1. The highest BCUT2D eigenvalue weighted by molar-refractivity contribution is 6.30. The predicted octanol–water partition coefficient (Wildman–Crippen LogP) is 3.47. The van der Waals surface area contributed by atoms with Gasteiger partial charge in [-0.25, -0.2) is 0 Å². The molecular formula is C16H18ClNO. The van der Waals surface area contributed by atoms with E-state index in [1.807, 2.05) is 55.5 Å². The minimum Gasteiger partial charge on any atom is -0.387 e. The van der Waals surface area contributed by atoms with Gasteiger partial charge >= 0.3 is 0 Å². The second-order valence-electron chi connectivity index (χ2n) is 4.68. The van der Waals surface area contributed by atoms with Gasteiger partial charge in [-0.15, -0.1) is 0 Å². The fourth-order valence-electron chi connectivity index (χ4n) is 1.86. The number of nitrogens with one attached hydrogen (secondary N) is 1. The van der Waals surface area contributed by atoms with Gasteiger partial charge in [0.25, 0.3) is 0 Å².